The Morgan fingerprint density at radius 1 is 1.14 bits per heavy atom. The van der Waals surface area contributed by atoms with E-state index in [2.05, 4.69) is 47.1 Å². The summed E-state index contributed by atoms with van der Waals surface area (Å²) in [5.74, 6) is 0.307. The van der Waals surface area contributed by atoms with Gasteiger partial charge in [0.05, 0.1) is 13.2 Å². The second-order valence-corrected chi connectivity index (χ2v) is 6.70. The molecule has 0 unspecified atom stereocenters. The van der Waals surface area contributed by atoms with Gasteiger partial charge in [-0.15, -0.1) is 0 Å². The van der Waals surface area contributed by atoms with Gasteiger partial charge in [0.2, 0.25) is 5.91 Å². The molecule has 2 aliphatic heterocycles. The molecule has 1 aromatic carbocycles. The molecule has 22 heavy (non-hydrogen) atoms. The Balaban J connectivity index is 1.62. The predicted octanol–water partition coefficient (Wildman–Crippen LogP) is 1.90. The average molecular weight is 302 g/mol. The van der Waals surface area contributed by atoms with Crippen LogP contribution in [0.1, 0.15) is 25.3 Å². The molecule has 0 saturated carbocycles. The fourth-order valence-corrected chi connectivity index (χ4v) is 3.50. The van der Waals surface area contributed by atoms with Crippen LogP contribution in [-0.4, -0.2) is 61.6 Å². The minimum atomic E-state index is 0.0835. The van der Waals surface area contributed by atoms with E-state index < -0.39 is 0 Å². The lowest BCUT2D eigenvalue weighted by Gasteiger charge is -2.41. The highest BCUT2D eigenvalue weighted by atomic mass is 16.5. The summed E-state index contributed by atoms with van der Waals surface area (Å²) in [6.45, 7) is 8.51. The topological polar surface area (TPSA) is 32.8 Å². The maximum atomic E-state index is 12.3. The summed E-state index contributed by atoms with van der Waals surface area (Å²) in [6, 6.07) is 10.6. The molecule has 0 N–H and O–H groups in total. The van der Waals surface area contributed by atoms with Crippen LogP contribution < -0.4 is 0 Å². The van der Waals surface area contributed by atoms with Gasteiger partial charge in [-0.2, -0.15) is 0 Å². The molecular weight excluding hydrogens is 276 g/mol. The normalized spacial score (nSPS) is 27.1. The first-order valence-electron chi connectivity index (χ1n) is 8.31. The van der Waals surface area contributed by atoms with Crippen molar-refractivity contribution in [2.24, 2.45) is 0 Å². The average Bonchev–Trinajstić information content (AvgIpc) is 2.58. The summed E-state index contributed by atoms with van der Waals surface area (Å²) in [5, 5.41) is 0. The minimum Gasteiger partial charge on any atom is -0.379 e. The molecule has 4 nitrogen and oxygen atoms in total. The van der Waals surface area contributed by atoms with Crippen LogP contribution in [0.3, 0.4) is 0 Å². The molecule has 0 radical (unpaired) electrons. The van der Waals surface area contributed by atoms with E-state index in [-0.39, 0.29) is 5.41 Å². The number of hydrogen-bond acceptors (Lipinski definition) is 3. The maximum Gasteiger partial charge on any atom is 0.222 e. The number of nitrogens with zero attached hydrogens (tertiary/aromatic N) is 2. The van der Waals surface area contributed by atoms with Crippen LogP contribution in [0.15, 0.2) is 30.3 Å². The third kappa shape index (κ3) is 3.50. The van der Waals surface area contributed by atoms with E-state index in [1.807, 2.05) is 0 Å². The highest BCUT2D eigenvalue weighted by molar-refractivity contribution is 5.77. The van der Waals surface area contributed by atoms with E-state index >= 15 is 0 Å². The van der Waals surface area contributed by atoms with Gasteiger partial charge in [0.15, 0.2) is 0 Å². The Kier molecular flexibility index (Phi) is 4.79. The molecular formula is C18H26N2O2. The lowest BCUT2D eigenvalue weighted by Crippen LogP contribution is -2.50. The zero-order valence-corrected chi connectivity index (χ0v) is 13.5. The second kappa shape index (κ2) is 6.80. The first kappa shape index (κ1) is 15.5. The lowest BCUT2D eigenvalue weighted by atomic mass is 9.76. The largest absolute Gasteiger partial charge is 0.379 e. The number of hydrogen-bond donors (Lipinski definition) is 0. The number of carbonyl (C=O) groups is 1. The quantitative estimate of drug-likeness (QED) is 0.851. The van der Waals surface area contributed by atoms with E-state index in [1.165, 1.54) is 5.56 Å². The lowest BCUT2D eigenvalue weighted by molar-refractivity contribution is -0.135. The first-order chi connectivity index (χ1) is 10.7. The van der Waals surface area contributed by atoms with Crippen molar-refractivity contribution in [2.75, 3.05) is 45.9 Å². The Morgan fingerprint density at radius 3 is 2.59 bits per heavy atom. The Morgan fingerprint density at radius 2 is 1.86 bits per heavy atom. The molecule has 1 aromatic rings. The van der Waals surface area contributed by atoms with Crippen LogP contribution >= 0.6 is 0 Å². The van der Waals surface area contributed by atoms with Crippen LogP contribution in [0.25, 0.3) is 0 Å². The minimum absolute atomic E-state index is 0.0835. The molecule has 2 aliphatic rings. The smallest absolute Gasteiger partial charge is 0.222 e. The fraction of sp³-hybridized carbons (Fsp3) is 0.611. The van der Waals surface area contributed by atoms with Crippen molar-refractivity contribution in [3.63, 3.8) is 0 Å². The Labute approximate surface area is 133 Å². The van der Waals surface area contributed by atoms with Gasteiger partial charge in [-0.25, -0.2) is 0 Å². The van der Waals surface area contributed by atoms with Crippen LogP contribution in [0.5, 0.6) is 0 Å². The van der Waals surface area contributed by atoms with Gasteiger partial charge >= 0.3 is 0 Å². The summed E-state index contributed by atoms with van der Waals surface area (Å²) in [5.41, 5.74) is 1.43. The summed E-state index contributed by atoms with van der Waals surface area (Å²) in [4.78, 5) is 16.7. The third-order valence-corrected chi connectivity index (χ3v) is 5.04. The number of likely N-dealkylation sites (tertiary alicyclic amines) is 1. The molecule has 4 heteroatoms. The van der Waals surface area contributed by atoms with E-state index in [0.29, 0.717) is 12.3 Å². The molecule has 0 aliphatic carbocycles. The summed E-state index contributed by atoms with van der Waals surface area (Å²) in [7, 11) is 0. The number of carbonyl (C=O) groups excluding carboxylic acids is 1. The van der Waals surface area contributed by atoms with Gasteiger partial charge in [-0.1, -0.05) is 37.3 Å². The van der Waals surface area contributed by atoms with Crippen LogP contribution in [0, 0.1) is 0 Å². The van der Waals surface area contributed by atoms with Crippen molar-refractivity contribution < 1.29 is 9.53 Å². The molecule has 3 rings (SSSR count). The van der Waals surface area contributed by atoms with Gasteiger partial charge in [-0.3, -0.25) is 9.69 Å². The first-order valence-corrected chi connectivity index (χ1v) is 8.31. The molecule has 0 aromatic heterocycles. The summed E-state index contributed by atoms with van der Waals surface area (Å²) in [6.07, 6.45) is 1.61. The summed E-state index contributed by atoms with van der Waals surface area (Å²) < 4.78 is 5.38. The highest BCUT2D eigenvalue weighted by Gasteiger charge is 2.36. The van der Waals surface area contributed by atoms with E-state index in [1.54, 1.807) is 0 Å². The van der Waals surface area contributed by atoms with Crippen LogP contribution in [0.4, 0.5) is 0 Å². The number of benzene rings is 1. The van der Waals surface area contributed by atoms with Gasteiger partial charge in [0.25, 0.3) is 0 Å². The molecule has 1 amide bonds. The van der Waals surface area contributed by atoms with Gasteiger partial charge < -0.3 is 9.64 Å². The maximum absolute atomic E-state index is 12.3. The third-order valence-electron chi connectivity index (χ3n) is 5.04. The van der Waals surface area contributed by atoms with Crippen LogP contribution in [-0.2, 0) is 14.9 Å². The van der Waals surface area contributed by atoms with Crippen molar-refractivity contribution in [2.45, 2.75) is 25.2 Å². The molecule has 1 atom stereocenters. The zero-order chi connectivity index (χ0) is 15.4. The van der Waals surface area contributed by atoms with E-state index in [9.17, 15) is 4.79 Å². The second-order valence-electron chi connectivity index (χ2n) is 6.70. The molecule has 2 heterocycles. The number of piperidine rings is 1. The molecule has 0 spiro atoms. The Hall–Kier alpha value is -1.39. The van der Waals surface area contributed by atoms with Gasteiger partial charge in [-0.05, 0) is 12.0 Å². The molecule has 120 valence electrons. The van der Waals surface area contributed by atoms with E-state index in [4.69, 9.17) is 4.74 Å². The number of morpholine rings is 1. The van der Waals surface area contributed by atoms with Gasteiger partial charge in [0.1, 0.15) is 0 Å². The summed E-state index contributed by atoms with van der Waals surface area (Å²) >= 11 is 0. The van der Waals surface area contributed by atoms with E-state index in [0.717, 1.165) is 52.4 Å². The van der Waals surface area contributed by atoms with Gasteiger partial charge in [0, 0.05) is 44.6 Å². The van der Waals surface area contributed by atoms with Crippen molar-refractivity contribution in [3.8, 4) is 0 Å². The molecule has 2 saturated heterocycles. The SMILES string of the molecule is C[C@@]1(c2ccccc2)CCC(=O)N(CCN2CCOCC2)C1. The van der Waals surface area contributed by atoms with Crippen LogP contribution in [0.2, 0.25) is 0 Å². The van der Waals surface area contributed by atoms with Crippen molar-refractivity contribution >= 4 is 5.91 Å². The highest BCUT2D eigenvalue weighted by Crippen LogP contribution is 2.33. The number of rotatable bonds is 4. The van der Waals surface area contributed by atoms with Crippen molar-refractivity contribution in [1.29, 1.82) is 0 Å². The molecule has 2 fully saturated rings. The van der Waals surface area contributed by atoms with Crippen molar-refractivity contribution in [3.05, 3.63) is 35.9 Å². The Bertz CT molecular complexity index is 499. The predicted molar refractivity (Wildman–Crippen MR) is 86.9 cm³/mol. The standard InChI is InChI=1S/C18H26N2O2/c1-18(16-5-3-2-4-6-16)8-7-17(21)20(15-18)10-9-19-11-13-22-14-12-19/h2-6H,7-15H2,1H3/t18-/m1/s1. The monoisotopic (exact) mass is 302 g/mol. The number of amides is 1. The molecule has 0 bridgehead atoms. The number of ether oxygens (including phenoxy) is 1. The zero-order valence-electron chi connectivity index (χ0n) is 13.5. The van der Waals surface area contributed by atoms with Crippen molar-refractivity contribution in [1.82, 2.24) is 9.80 Å². The fourth-order valence-electron chi connectivity index (χ4n) is 3.50.